The summed E-state index contributed by atoms with van der Waals surface area (Å²) in [4.78, 5) is 16.5. The molecule has 0 bridgehead atoms. The van der Waals surface area contributed by atoms with Gasteiger partial charge in [-0.3, -0.25) is 4.79 Å². The van der Waals surface area contributed by atoms with E-state index >= 15 is 0 Å². The SMILES string of the molecule is CC(C)CC(CO)NC(=O)[C@@H](O)c1ccc(-c2noc(-c3cnn(-c4ccccc4)c3C(F)(F)F)n2)cc1. The molecule has 0 saturated carbocycles. The average molecular weight is 530 g/mol. The second-order valence-corrected chi connectivity index (χ2v) is 9.12. The van der Waals surface area contributed by atoms with Gasteiger partial charge < -0.3 is 20.1 Å². The minimum atomic E-state index is -4.75. The lowest BCUT2D eigenvalue weighted by atomic mass is 10.0. The molecule has 1 amide bonds. The van der Waals surface area contributed by atoms with Crippen molar-refractivity contribution in [2.24, 2.45) is 5.92 Å². The third kappa shape index (κ3) is 5.92. The van der Waals surface area contributed by atoms with Gasteiger partial charge in [-0.15, -0.1) is 0 Å². The summed E-state index contributed by atoms with van der Waals surface area (Å²) in [6, 6.07) is 13.4. The number of para-hydroxylation sites is 1. The first-order chi connectivity index (χ1) is 18.1. The lowest BCUT2D eigenvalue weighted by molar-refractivity contribution is -0.142. The van der Waals surface area contributed by atoms with Crippen LogP contribution in [0.1, 0.15) is 37.6 Å². The summed E-state index contributed by atoms with van der Waals surface area (Å²) in [5.41, 5.74) is -0.530. The molecule has 2 aromatic carbocycles. The third-order valence-electron chi connectivity index (χ3n) is 5.75. The number of aromatic nitrogens is 4. The van der Waals surface area contributed by atoms with Crippen LogP contribution in [0.25, 0.3) is 28.5 Å². The van der Waals surface area contributed by atoms with Crippen molar-refractivity contribution >= 4 is 5.91 Å². The summed E-state index contributed by atoms with van der Waals surface area (Å²) in [5.74, 6) is -0.764. The van der Waals surface area contributed by atoms with Gasteiger partial charge in [0.25, 0.3) is 11.8 Å². The summed E-state index contributed by atoms with van der Waals surface area (Å²) in [6.45, 7) is 3.65. The zero-order valence-corrected chi connectivity index (χ0v) is 20.6. The van der Waals surface area contributed by atoms with Crippen LogP contribution in [0.5, 0.6) is 0 Å². The molecule has 2 heterocycles. The molecule has 2 aromatic heterocycles. The highest BCUT2D eigenvalue weighted by Crippen LogP contribution is 2.38. The molecule has 0 spiro atoms. The number of carbonyl (C=O) groups is 1. The van der Waals surface area contributed by atoms with Crippen LogP contribution in [0.3, 0.4) is 0 Å². The van der Waals surface area contributed by atoms with Crippen LogP contribution in [0.15, 0.2) is 65.3 Å². The predicted molar refractivity (Wildman–Crippen MR) is 131 cm³/mol. The van der Waals surface area contributed by atoms with Crippen molar-refractivity contribution in [2.45, 2.75) is 38.6 Å². The maximum atomic E-state index is 14.0. The molecule has 0 aliphatic carbocycles. The van der Waals surface area contributed by atoms with Crippen molar-refractivity contribution < 1.29 is 32.7 Å². The summed E-state index contributed by atoms with van der Waals surface area (Å²) in [7, 11) is 0. The molecule has 0 fully saturated rings. The van der Waals surface area contributed by atoms with Gasteiger partial charge in [0, 0.05) is 5.56 Å². The van der Waals surface area contributed by atoms with Gasteiger partial charge in [-0.2, -0.15) is 23.3 Å². The van der Waals surface area contributed by atoms with Crippen molar-refractivity contribution in [1.29, 1.82) is 0 Å². The molecule has 3 N–H and O–H groups in total. The quantitative estimate of drug-likeness (QED) is 0.297. The molecule has 0 saturated heterocycles. The van der Waals surface area contributed by atoms with E-state index < -0.39 is 29.9 Å². The van der Waals surface area contributed by atoms with Gasteiger partial charge in [0.1, 0.15) is 0 Å². The lowest BCUT2D eigenvalue weighted by Gasteiger charge is -2.20. The van der Waals surface area contributed by atoms with Gasteiger partial charge in [0.15, 0.2) is 11.8 Å². The van der Waals surface area contributed by atoms with E-state index in [0.29, 0.717) is 12.0 Å². The fourth-order valence-corrected chi connectivity index (χ4v) is 3.99. The molecule has 38 heavy (non-hydrogen) atoms. The second-order valence-electron chi connectivity index (χ2n) is 9.12. The Labute approximate surface area is 215 Å². The van der Waals surface area contributed by atoms with Crippen molar-refractivity contribution in [1.82, 2.24) is 25.2 Å². The standard InChI is InChI=1S/C26H26F3N5O4/c1-15(2)12-18(14-35)31-24(37)21(36)16-8-10-17(11-9-16)23-32-25(38-33-23)20-13-30-34(22(20)26(27,28)29)19-6-4-3-5-7-19/h3-11,13,15,18,21,35-36H,12,14H2,1-2H3,(H,31,37)/t18?,21-/m0/s1. The number of nitrogens with one attached hydrogen (secondary N) is 1. The Kier molecular flexibility index (Phi) is 7.93. The summed E-state index contributed by atoms with van der Waals surface area (Å²) < 4.78 is 47.8. The number of aliphatic hydroxyl groups is 2. The Morgan fingerprint density at radius 1 is 1.11 bits per heavy atom. The largest absolute Gasteiger partial charge is 0.434 e. The highest BCUT2D eigenvalue weighted by molar-refractivity contribution is 5.82. The molecule has 9 nitrogen and oxygen atoms in total. The number of alkyl halides is 3. The minimum Gasteiger partial charge on any atom is -0.394 e. The molecular formula is C26H26F3N5O4. The van der Waals surface area contributed by atoms with Gasteiger partial charge in [-0.1, -0.05) is 61.5 Å². The Morgan fingerprint density at radius 2 is 1.79 bits per heavy atom. The van der Waals surface area contributed by atoms with E-state index in [9.17, 15) is 28.2 Å². The van der Waals surface area contributed by atoms with Crippen LogP contribution >= 0.6 is 0 Å². The van der Waals surface area contributed by atoms with Crippen molar-refractivity contribution in [3.63, 3.8) is 0 Å². The Bertz CT molecular complexity index is 1370. The van der Waals surface area contributed by atoms with Crippen molar-refractivity contribution in [2.75, 3.05) is 6.61 Å². The van der Waals surface area contributed by atoms with Gasteiger partial charge in [-0.25, -0.2) is 4.68 Å². The zero-order chi connectivity index (χ0) is 27.4. The Morgan fingerprint density at radius 3 is 2.39 bits per heavy atom. The molecule has 0 aliphatic heterocycles. The zero-order valence-electron chi connectivity index (χ0n) is 20.6. The molecule has 4 aromatic rings. The number of benzene rings is 2. The van der Waals surface area contributed by atoms with E-state index in [1.165, 1.54) is 36.4 Å². The van der Waals surface area contributed by atoms with E-state index in [2.05, 4.69) is 20.6 Å². The van der Waals surface area contributed by atoms with Crippen LogP contribution in [-0.2, 0) is 11.0 Å². The van der Waals surface area contributed by atoms with E-state index in [0.717, 1.165) is 10.9 Å². The number of nitrogens with zero attached hydrogens (tertiary/aromatic N) is 4. The smallest absolute Gasteiger partial charge is 0.394 e. The van der Waals surface area contributed by atoms with Crippen LogP contribution in [0.4, 0.5) is 13.2 Å². The average Bonchev–Trinajstić information content (AvgIpc) is 3.56. The molecule has 1 unspecified atom stereocenters. The highest BCUT2D eigenvalue weighted by Gasteiger charge is 2.40. The lowest BCUT2D eigenvalue weighted by Crippen LogP contribution is -2.41. The summed E-state index contributed by atoms with van der Waals surface area (Å²) in [5, 5.41) is 30.2. The maximum Gasteiger partial charge on any atom is 0.434 e. The number of hydrogen-bond donors (Lipinski definition) is 3. The number of amides is 1. The van der Waals surface area contributed by atoms with Crippen LogP contribution < -0.4 is 5.32 Å². The van der Waals surface area contributed by atoms with E-state index in [1.54, 1.807) is 18.2 Å². The molecular weight excluding hydrogens is 503 g/mol. The van der Waals surface area contributed by atoms with Gasteiger partial charge >= 0.3 is 6.18 Å². The number of carbonyl (C=O) groups excluding carboxylic acids is 1. The van der Waals surface area contributed by atoms with Gasteiger partial charge in [0.05, 0.1) is 30.1 Å². The maximum absolute atomic E-state index is 14.0. The number of hydrogen-bond acceptors (Lipinski definition) is 7. The van der Waals surface area contributed by atoms with Gasteiger partial charge in [-0.05, 0) is 30.0 Å². The Balaban J connectivity index is 1.55. The van der Waals surface area contributed by atoms with Gasteiger partial charge in [0.2, 0.25) is 5.82 Å². The van der Waals surface area contributed by atoms with E-state index in [-0.39, 0.29) is 41.1 Å². The second kappa shape index (κ2) is 11.2. The van der Waals surface area contributed by atoms with Crippen LogP contribution in [0.2, 0.25) is 0 Å². The molecule has 12 heteroatoms. The normalized spacial score (nSPS) is 13.5. The first kappa shape index (κ1) is 27.0. The van der Waals surface area contributed by atoms with E-state index in [4.69, 9.17) is 4.52 Å². The summed E-state index contributed by atoms with van der Waals surface area (Å²) in [6.07, 6.45) is -4.67. The predicted octanol–water partition coefficient (Wildman–Crippen LogP) is 4.16. The molecule has 200 valence electrons. The van der Waals surface area contributed by atoms with Crippen molar-refractivity contribution in [3.8, 4) is 28.5 Å². The Hall–Kier alpha value is -4.03. The van der Waals surface area contributed by atoms with Crippen LogP contribution in [-0.4, -0.2) is 48.7 Å². The molecule has 2 atom stereocenters. The fraction of sp³-hybridized carbons (Fsp3) is 0.308. The summed E-state index contributed by atoms with van der Waals surface area (Å²) >= 11 is 0. The highest BCUT2D eigenvalue weighted by atomic mass is 19.4. The monoisotopic (exact) mass is 529 g/mol. The third-order valence-corrected chi connectivity index (χ3v) is 5.75. The van der Waals surface area contributed by atoms with E-state index in [1.807, 2.05) is 13.8 Å². The first-order valence-electron chi connectivity index (χ1n) is 11.8. The van der Waals surface area contributed by atoms with Crippen LogP contribution in [0, 0.1) is 5.92 Å². The topological polar surface area (TPSA) is 126 Å². The fourth-order valence-electron chi connectivity index (χ4n) is 3.99. The number of halogens is 3. The van der Waals surface area contributed by atoms with Crippen molar-refractivity contribution in [3.05, 3.63) is 72.1 Å². The molecule has 0 radical (unpaired) electrons. The molecule has 4 rings (SSSR count). The minimum absolute atomic E-state index is 0.0170. The molecule has 0 aliphatic rings. The number of rotatable bonds is 9. The first-order valence-corrected chi connectivity index (χ1v) is 11.8. The number of aliphatic hydroxyl groups excluding tert-OH is 2.